The van der Waals surface area contributed by atoms with Crippen molar-refractivity contribution >= 4 is 29.8 Å². The van der Waals surface area contributed by atoms with Crippen molar-refractivity contribution in [1.29, 1.82) is 0 Å². The Morgan fingerprint density at radius 1 is 0.794 bits per heavy atom. The molecule has 0 saturated heterocycles. The molecule has 0 atom stereocenters. The van der Waals surface area contributed by atoms with Gasteiger partial charge in [-0.1, -0.05) is 30.4 Å². The lowest BCUT2D eigenvalue weighted by molar-refractivity contribution is -0.111. The Balaban J connectivity index is 1.88. The smallest absolute Gasteiger partial charge is 0.248 e. The maximum atomic E-state index is 12.5. The number of phenolic OH excluding ortho intramolecular Hbond substituents is 1. The summed E-state index contributed by atoms with van der Waals surface area (Å²) >= 11 is 0. The Labute approximate surface area is 198 Å². The summed E-state index contributed by atoms with van der Waals surface area (Å²) in [5, 5.41) is 12.7. The van der Waals surface area contributed by atoms with Gasteiger partial charge in [-0.3, -0.25) is 4.79 Å². The maximum absolute atomic E-state index is 12.5. The van der Waals surface area contributed by atoms with E-state index in [9.17, 15) is 9.90 Å². The van der Waals surface area contributed by atoms with E-state index in [1.807, 2.05) is 30.4 Å². The Morgan fingerprint density at radius 3 is 2.12 bits per heavy atom. The van der Waals surface area contributed by atoms with Gasteiger partial charge in [0.05, 0.1) is 28.4 Å². The number of hydrogen-bond acceptors (Lipinski definition) is 6. The monoisotopic (exact) mass is 461 g/mol. The highest BCUT2D eigenvalue weighted by Crippen LogP contribution is 2.38. The van der Waals surface area contributed by atoms with E-state index >= 15 is 0 Å². The molecule has 0 aromatic heterocycles. The summed E-state index contributed by atoms with van der Waals surface area (Å²) in [6.45, 7) is 0. The molecule has 3 aromatic rings. The van der Waals surface area contributed by atoms with Gasteiger partial charge in [0.2, 0.25) is 11.7 Å². The molecule has 0 aliphatic heterocycles. The minimum absolute atomic E-state index is 0.102. The number of methoxy groups -OCH3 is 4. The second-order valence-corrected chi connectivity index (χ2v) is 7.13. The van der Waals surface area contributed by atoms with Gasteiger partial charge in [0.25, 0.3) is 0 Å². The Morgan fingerprint density at radius 2 is 1.50 bits per heavy atom. The molecule has 1 amide bonds. The number of carbonyl (C=O) groups is 1. The van der Waals surface area contributed by atoms with E-state index in [2.05, 4.69) is 5.32 Å². The Bertz CT molecular complexity index is 1190. The number of hydrogen-bond donors (Lipinski definition) is 2. The number of nitrogens with one attached hydrogen (secondary N) is 1. The fourth-order valence-corrected chi connectivity index (χ4v) is 3.27. The van der Waals surface area contributed by atoms with Crippen LogP contribution in [0, 0.1) is 0 Å². The summed E-state index contributed by atoms with van der Waals surface area (Å²) in [5.41, 5.74) is 2.69. The minimum Gasteiger partial charge on any atom is -0.507 e. The van der Waals surface area contributed by atoms with E-state index in [1.54, 1.807) is 70.9 Å². The van der Waals surface area contributed by atoms with Gasteiger partial charge >= 0.3 is 0 Å². The molecule has 7 nitrogen and oxygen atoms in total. The molecule has 2 N–H and O–H groups in total. The van der Waals surface area contributed by atoms with Crippen LogP contribution in [0.4, 0.5) is 5.69 Å². The Hall–Kier alpha value is -4.39. The van der Waals surface area contributed by atoms with E-state index in [0.29, 0.717) is 34.2 Å². The van der Waals surface area contributed by atoms with Gasteiger partial charge in [0, 0.05) is 22.9 Å². The topological polar surface area (TPSA) is 86.3 Å². The van der Waals surface area contributed by atoms with E-state index in [4.69, 9.17) is 18.9 Å². The van der Waals surface area contributed by atoms with Crippen LogP contribution in [0.2, 0.25) is 0 Å². The fraction of sp³-hybridized carbons (Fsp3) is 0.148. The van der Waals surface area contributed by atoms with Gasteiger partial charge in [-0.05, 0) is 48.0 Å². The molecule has 0 unspecified atom stereocenters. The van der Waals surface area contributed by atoms with Gasteiger partial charge in [-0.25, -0.2) is 0 Å². The van der Waals surface area contributed by atoms with Crippen LogP contribution in [0.25, 0.3) is 18.2 Å². The molecule has 176 valence electrons. The molecular formula is C27H27NO6. The quantitative estimate of drug-likeness (QED) is 0.334. The third kappa shape index (κ3) is 5.89. The van der Waals surface area contributed by atoms with Crippen molar-refractivity contribution in [3.63, 3.8) is 0 Å². The fourth-order valence-electron chi connectivity index (χ4n) is 3.27. The van der Waals surface area contributed by atoms with Crippen LogP contribution in [-0.4, -0.2) is 39.5 Å². The lowest BCUT2D eigenvalue weighted by atomic mass is 10.1. The summed E-state index contributed by atoms with van der Waals surface area (Å²) in [7, 11) is 6.25. The first kappa shape index (κ1) is 24.3. The minimum atomic E-state index is -0.337. The summed E-state index contributed by atoms with van der Waals surface area (Å²) < 4.78 is 21.5. The van der Waals surface area contributed by atoms with Crippen LogP contribution in [0.15, 0.2) is 60.7 Å². The van der Waals surface area contributed by atoms with Crippen molar-refractivity contribution < 1.29 is 28.8 Å². The molecule has 0 heterocycles. The summed E-state index contributed by atoms with van der Waals surface area (Å²) in [5.74, 6) is 1.99. The first-order chi connectivity index (χ1) is 16.5. The highest BCUT2D eigenvalue weighted by atomic mass is 16.5. The van der Waals surface area contributed by atoms with Crippen LogP contribution in [0.3, 0.4) is 0 Å². The van der Waals surface area contributed by atoms with Crippen molar-refractivity contribution in [2.24, 2.45) is 0 Å². The zero-order valence-corrected chi connectivity index (χ0v) is 19.5. The maximum Gasteiger partial charge on any atom is 0.248 e. The van der Waals surface area contributed by atoms with Gasteiger partial charge in [-0.15, -0.1) is 0 Å². The first-order valence-corrected chi connectivity index (χ1v) is 10.4. The van der Waals surface area contributed by atoms with E-state index in [0.717, 1.165) is 11.1 Å². The molecule has 0 spiro atoms. The molecule has 0 aliphatic carbocycles. The molecule has 0 radical (unpaired) electrons. The lowest BCUT2D eigenvalue weighted by Crippen LogP contribution is -2.09. The number of ether oxygens (including phenoxy) is 4. The molecule has 0 bridgehead atoms. The van der Waals surface area contributed by atoms with Crippen LogP contribution in [0.1, 0.15) is 16.7 Å². The summed E-state index contributed by atoms with van der Waals surface area (Å²) in [4.78, 5) is 12.5. The molecule has 0 fully saturated rings. The first-order valence-electron chi connectivity index (χ1n) is 10.4. The standard InChI is InChI=1S/C27H27NO6/c1-31-21-12-13-22(28-26(30)14-11-19-7-5-6-8-23(19)29)20(17-21)10-9-18-15-24(32-2)27(34-4)25(16-18)33-3/h5-17,29H,1-4H3,(H,28,30)/b10-9?,14-11+. The zero-order valence-electron chi connectivity index (χ0n) is 19.5. The van der Waals surface area contributed by atoms with E-state index in [1.165, 1.54) is 6.08 Å². The highest BCUT2D eigenvalue weighted by molar-refractivity contribution is 6.03. The van der Waals surface area contributed by atoms with Crippen LogP contribution < -0.4 is 24.3 Å². The van der Waals surface area contributed by atoms with Crippen LogP contribution in [0.5, 0.6) is 28.7 Å². The lowest BCUT2D eigenvalue weighted by Gasteiger charge is -2.13. The second kappa shape index (κ2) is 11.5. The van der Waals surface area contributed by atoms with E-state index < -0.39 is 0 Å². The van der Waals surface area contributed by atoms with E-state index in [-0.39, 0.29) is 11.7 Å². The van der Waals surface area contributed by atoms with Crippen LogP contribution in [-0.2, 0) is 4.79 Å². The summed E-state index contributed by atoms with van der Waals surface area (Å²) in [6.07, 6.45) is 6.64. The predicted molar refractivity (Wildman–Crippen MR) is 134 cm³/mol. The second-order valence-electron chi connectivity index (χ2n) is 7.13. The summed E-state index contributed by atoms with van der Waals surface area (Å²) in [6, 6.07) is 15.8. The normalized spacial score (nSPS) is 10.9. The molecule has 34 heavy (non-hydrogen) atoms. The number of amides is 1. The van der Waals surface area contributed by atoms with Crippen molar-refractivity contribution in [3.8, 4) is 28.7 Å². The molecule has 0 saturated carbocycles. The number of para-hydroxylation sites is 1. The van der Waals surface area contributed by atoms with Crippen molar-refractivity contribution in [2.45, 2.75) is 0 Å². The number of carbonyl (C=O) groups excluding carboxylic acids is 1. The Kier molecular flexibility index (Phi) is 8.18. The third-order valence-electron chi connectivity index (χ3n) is 5.01. The number of rotatable bonds is 9. The molecular weight excluding hydrogens is 434 g/mol. The number of phenols is 1. The molecule has 3 aromatic carbocycles. The largest absolute Gasteiger partial charge is 0.507 e. The number of anilines is 1. The van der Waals surface area contributed by atoms with Gasteiger partial charge in [0.15, 0.2) is 11.5 Å². The predicted octanol–water partition coefficient (Wildman–Crippen LogP) is 5.25. The zero-order chi connectivity index (χ0) is 24.5. The molecule has 3 rings (SSSR count). The number of benzene rings is 3. The van der Waals surface area contributed by atoms with Crippen molar-refractivity contribution in [3.05, 3.63) is 77.4 Å². The van der Waals surface area contributed by atoms with Crippen molar-refractivity contribution in [2.75, 3.05) is 33.8 Å². The van der Waals surface area contributed by atoms with Gasteiger partial charge < -0.3 is 29.4 Å². The van der Waals surface area contributed by atoms with Crippen molar-refractivity contribution in [1.82, 2.24) is 0 Å². The molecule has 0 aliphatic rings. The van der Waals surface area contributed by atoms with Gasteiger partial charge in [0.1, 0.15) is 11.5 Å². The van der Waals surface area contributed by atoms with Crippen LogP contribution >= 0.6 is 0 Å². The highest BCUT2D eigenvalue weighted by Gasteiger charge is 2.12. The average molecular weight is 462 g/mol. The number of aromatic hydroxyl groups is 1. The SMILES string of the molecule is COc1ccc(NC(=O)/C=C/c2ccccc2O)c(C=Cc2cc(OC)c(OC)c(OC)c2)c1. The average Bonchev–Trinajstić information content (AvgIpc) is 2.86. The third-order valence-corrected chi connectivity index (χ3v) is 5.01. The molecule has 7 heteroatoms. The van der Waals surface area contributed by atoms with Gasteiger partial charge in [-0.2, -0.15) is 0 Å².